The van der Waals surface area contributed by atoms with Crippen molar-refractivity contribution in [2.75, 3.05) is 0 Å². The van der Waals surface area contributed by atoms with Crippen LogP contribution in [0.3, 0.4) is 0 Å². The Morgan fingerprint density at radius 3 is 2.36 bits per heavy atom. The Hall–Kier alpha value is -1.31. The highest BCUT2D eigenvalue weighted by molar-refractivity contribution is 5.91. The molecule has 1 fully saturated rings. The molecule has 2 unspecified atom stereocenters. The van der Waals surface area contributed by atoms with E-state index in [2.05, 4.69) is 19.2 Å². The van der Waals surface area contributed by atoms with Gasteiger partial charge in [0.1, 0.15) is 0 Å². The van der Waals surface area contributed by atoms with Gasteiger partial charge in [-0.2, -0.15) is 0 Å². The molecule has 0 bridgehead atoms. The third-order valence-electron chi connectivity index (χ3n) is 2.83. The van der Waals surface area contributed by atoms with Crippen molar-refractivity contribution in [2.24, 2.45) is 5.92 Å². The van der Waals surface area contributed by atoms with Crippen LogP contribution in [0.5, 0.6) is 0 Å². The van der Waals surface area contributed by atoms with Gasteiger partial charge in [-0.3, -0.25) is 4.79 Å². The quantitative estimate of drug-likeness (QED) is 0.708. The van der Waals surface area contributed by atoms with E-state index in [1.165, 1.54) is 0 Å². The molecule has 0 saturated carbocycles. The molecular formula is C12H15NO. The summed E-state index contributed by atoms with van der Waals surface area (Å²) in [5, 5.41) is 2.95. The molecule has 74 valence electrons. The second-order valence-corrected chi connectivity index (χ2v) is 4.17. The molecule has 0 radical (unpaired) electrons. The predicted octanol–water partition coefficient (Wildman–Crippen LogP) is 1.92. The average Bonchev–Trinajstić information content (AvgIpc) is 2.15. The molecule has 1 aromatic carbocycles. The smallest absolute Gasteiger partial charge is 0.229 e. The first kappa shape index (κ1) is 9.25. The summed E-state index contributed by atoms with van der Waals surface area (Å²) >= 11 is 0. The average molecular weight is 189 g/mol. The topological polar surface area (TPSA) is 29.1 Å². The van der Waals surface area contributed by atoms with Crippen molar-refractivity contribution in [2.45, 2.75) is 25.8 Å². The second kappa shape index (κ2) is 3.45. The fourth-order valence-electron chi connectivity index (χ4n) is 1.97. The molecule has 0 aliphatic carbocycles. The zero-order valence-corrected chi connectivity index (χ0v) is 8.53. The lowest BCUT2D eigenvalue weighted by Crippen LogP contribution is -2.58. The summed E-state index contributed by atoms with van der Waals surface area (Å²) < 4.78 is 0. The van der Waals surface area contributed by atoms with Crippen LogP contribution in [0.1, 0.15) is 25.3 Å². The van der Waals surface area contributed by atoms with Gasteiger partial charge in [-0.15, -0.1) is 0 Å². The van der Waals surface area contributed by atoms with Crippen molar-refractivity contribution in [3.8, 4) is 0 Å². The van der Waals surface area contributed by atoms with Crippen LogP contribution in [0.2, 0.25) is 0 Å². The van der Waals surface area contributed by atoms with Crippen molar-refractivity contribution < 1.29 is 4.79 Å². The van der Waals surface area contributed by atoms with Gasteiger partial charge in [0.15, 0.2) is 0 Å². The van der Waals surface area contributed by atoms with Gasteiger partial charge in [0.25, 0.3) is 0 Å². The van der Waals surface area contributed by atoms with E-state index in [9.17, 15) is 4.79 Å². The number of nitrogens with one attached hydrogen (secondary N) is 1. The number of hydrogen-bond acceptors (Lipinski definition) is 1. The van der Waals surface area contributed by atoms with E-state index in [1.807, 2.05) is 30.3 Å². The third kappa shape index (κ3) is 1.41. The monoisotopic (exact) mass is 189 g/mol. The van der Waals surface area contributed by atoms with E-state index >= 15 is 0 Å². The van der Waals surface area contributed by atoms with Crippen LogP contribution in [0.25, 0.3) is 0 Å². The molecule has 1 N–H and O–H groups in total. The molecule has 1 amide bonds. The molecule has 2 rings (SSSR count). The van der Waals surface area contributed by atoms with Gasteiger partial charge in [-0.25, -0.2) is 0 Å². The number of carbonyl (C=O) groups is 1. The molecule has 0 aromatic heterocycles. The molecule has 2 atom stereocenters. The SMILES string of the molecule is CC(C)C1NC(=O)C1c1ccccc1. The number of rotatable bonds is 2. The zero-order chi connectivity index (χ0) is 10.1. The number of β-lactam (4-membered cyclic amide) rings is 1. The lowest BCUT2D eigenvalue weighted by molar-refractivity contribution is -0.131. The van der Waals surface area contributed by atoms with Crippen molar-refractivity contribution in [1.82, 2.24) is 5.32 Å². The number of benzene rings is 1. The van der Waals surface area contributed by atoms with Crippen molar-refractivity contribution in [1.29, 1.82) is 0 Å². The summed E-state index contributed by atoms with van der Waals surface area (Å²) in [6.07, 6.45) is 0. The molecule has 14 heavy (non-hydrogen) atoms. The van der Waals surface area contributed by atoms with Gasteiger partial charge in [-0.1, -0.05) is 44.2 Å². The standard InChI is InChI=1S/C12H15NO/c1-8(2)11-10(12(14)13-11)9-6-4-3-5-7-9/h3-8,10-11H,1-2H3,(H,13,14). The number of amides is 1. The fraction of sp³-hybridized carbons (Fsp3) is 0.417. The Morgan fingerprint density at radius 1 is 1.21 bits per heavy atom. The molecular weight excluding hydrogens is 174 g/mol. The van der Waals surface area contributed by atoms with Crippen LogP contribution in [0.4, 0.5) is 0 Å². The van der Waals surface area contributed by atoms with Crippen LogP contribution >= 0.6 is 0 Å². The third-order valence-corrected chi connectivity index (χ3v) is 2.83. The molecule has 1 saturated heterocycles. The molecule has 1 aromatic rings. The van der Waals surface area contributed by atoms with Crippen molar-refractivity contribution >= 4 is 5.91 Å². The first-order valence-corrected chi connectivity index (χ1v) is 5.05. The summed E-state index contributed by atoms with van der Waals surface area (Å²) in [4.78, 5) is 11.4. The molecule has 1 heterocycles. The molecule has 1 aliphatic rings. The minimum Gasteiger partial charge on any atom is -0.351 e. The molecule has 0 spiro atoms. The van der Waals surface area contributed by atoms with Gasteiger partial charge < -0.3 is 5.32 Å². The fourth-order valence-corrected chi connectivity index (χ4v) is 1.97. The minimum atomic E-state index is 0.0659. The predicted molar refractivity (Wildman–Crippen MR) is 56.0 cm³/mol. The zero-order valence-electron chi connectivity index (χ0n) is 8.53. The summed E-state index contributed by atoms with van der Waals surface area (Å²) in [5.41, 5.74) is 1.13. The maximum atomic E-state index is 11.4. The number of hydrogen-bond donors (Lipinski definition) is 1. The second-order valence-electron chi connectivity index (χ2n) is 4.17. The Bertz CT molecular complexity index is 331. The maximum Gasteiger partial charge on any atom is 0.229 e. The number of carbonyl (C=O) groups excluding carboxylic acids is 1. The van der Waals surface area contributed by atoms with Crippen molar-refractivity contribution in [3.05, 3.63) is 35.9 Å². The van der Waals surface area contributed by atoms with E-state index in [4.69, 9.17) is 0 Å². The van der Waals surface area contributed by atoms with Gasteiger partial charge in [0, 0.05) is 6.04 Å². The lowest BCUT2D eigenvalue weighted by atomic mass is 9.78. The Kier molecular flexibility index (Phi) is 2.28. The van der Waals surface area contributed by atoms with Crippen LogP contribution in [-0.2, 0) is 4.79 Å². The Morgan fingerprint density at radius 2 is 1.86 bits per heavy atom. The van der Waals surface area contributed by atoms with Gasteiger partial charge in [0.05, 0.1) is 5.92 Å². The normalized spacial score (nSPS) is 25.8. The summed E-state index contributed by atoms with van der Waals surface area (Å²) in [5.74, 6) is 0.726. The highest BCUT2D eigenvalue weighted by atomic mass is 16.2. The minimum absolute atomic E-state index is 0.0659. The summed E-state index contributed by atoms with van der Waals surface area (Å²) in [7, 11) is 0. The maximum absolute atomic E-state index is 11.4. The highest BCUT2D eigenvalue weighted by Crippen LogP contribution is 2.31. The Balaban J connectivity index is 2.21. The van der Waals surface area contributed by atoms with Crippen LogP contribution in [-0.4, -0.2) is 11.9 Å². The van der Waals surface area contributed by atoms with Gasteiger partial charge in [0.2, 0.25) is 5.91 Å². The van der Waals surface area contributed by atoms with Gasteiger partial charge in [-0.05, 0) is 11.5 Å². The lowest BCUT2D eigenvalue weighted by Gasteiger charge is -2.39. The first-order valence-electron chi connectivity index (χ1n) is 5.05. The van der Waals surface area contributed by atoms with Crippen LogP contribution in [0.15, 0.2) is 30.3 Å². The first-order chi connectivity index (χ1) is 6.70. The highest BCUT2D eigenvalue weighted by Gasteiger charge is 2.41. The largest absolute Gasteiger partial charge is 0.351 e. The van der Waals surface area contributed by atoms with E-state index in [1.54, 1.807) is 0 Å². The Labute approximate surface area is 84.3 Å². The van der Waals surface area contributed by atoms with Gasteiger partial charge >= 0.3 is 0 Å². The van der Waals surface area contributed by atoms with E-state index in [-0.39, 0.29) is 11.8 Å². The molecule has 2 heteroatoms. The molecule has 2 nitrogen and oxygen atoms in total. The van der Waals surface area contributed by atoms with Crippen molar-refractivity contribution in [3.63, 3.8) is 0 Å². The van der Waals surface area contributed by atoms with E-state index in [0.29, 0.717) is 12.0 Å². The molecule has 1 aliphatic heterocycles. The van der Waals surface area contributed by atoms with Crippen LogP contribution < -0.4 is 5.32 Å². The summed E-state index contributed by atoms with van der Waals surface area (Å²) in [6.45, 7) is 4.28. The summed E-state index contributed by atoms with van der Waals surface area (Å²) in [6, 6.07) is 10.3. The van der Waals surface area contributed by atoms with Crippen LogP contribution in [0, 0.1) is 5.92 Å². The van der Waals surface area contributed by atoms with E-state index in [0.717, 1.165) is 5.56 Å². The van der Waals surface area contributed by atoms with E-state index < -0.39 is 0 Å².